The Morgan fingerprint density at radius 3 is 2.78 bits per heavy atom. The topological polar surface area (TPSA) is 75.4 Å². The molecule has 3 heterocycles. The van der Waals surface area contributed by atoms with Gasteiger partial charge in [-0.2, -0.15) is 0 Å². The molecule has 6 heteroatoms. The van der Waals surface area contributed by atoms with Gasteiger partial charge in [0.15, 0.2) is 0 Å². The third-order valence-corrected chi connectivity index (χ3v) is 4.36. The molecule has 1 unspecified atom stereocenters. The highest BCUT2D eigenvalue weighted by molar-refractivity contribution is 5.98. The van der Waals surface area contributed by atoms with Crippen molar-refractivity contribution in [3.05, 3.63) is 47.5 Å². The van der Waals surface area contributed by atoms with Crippen LogP contribution in [0.25, 0.3) is 5.69 Å². The van der Waals surface area contributed by atoms with Crippen molar-refractivity contribution < 1.29 is 14.7 Å². The highest BCUT2D eigenvalue weighted by Crippen LogP contribution is 2.25. The average Bonchev–Trinajstić information content (AvgIpc) is 3.12. The van der Waals surface area contributed by atoms with Gasteiger partial charge in [-0.05, 0) is 44.9 Å². The van der Waals surface area contributed by atoms with Gasteiger partial charge in [0.2, 0.25) is 0 Å². The lowest BCUT2D eigenvalue weighted by molar-refractivity contribution is -0.141. The molecule has 2 aromatic rings. The molecule has 0 aromatic carbocycles. The Balaban J connectivity index is 1.98. The van der Waals surface area contributed by atoms with E-state index in [9.17, 15) is 14.7 Å². The number of carboxylic acids is 1. The monoisotopic (exact) mass is 313 g/mol. The van der Waals surface area contributed by atoms with Crippen molar-refractivity contribution >= 4 is 11.9 Å². The summed E-state index contributed by atoms with van der Waals surface area (Å²) in [4.78, 5) is 29.7. The zero-order valence-corrected chi connectivity index (χ0v) is 13.2. The van der Waals surface area contributed by atoms with Crippen LogP contribution in [0.4, 0.5) is 0 Å². The van der Waals surface area contributed by atoms with Gasteiger partial charge >= 0.3 is 5.97 Å². The van der Waals surface area contributed by atoms with Crippen LogP contribution in [0.1, 0.15) is 34.6 Å². The van der Waals surface area contributed by atoms with Gasteiger partial charge in [0, 0.05) is 24.1 Å². The number of aliphatic carboxylic acids is 1. The lowest BCUT2D eigenvalue weighted by Gasteiger charge is -2.21. The molecule has 0 radical (unpaired) electrons. The minimum absolute atomic E-state index is 0.210. The predicted octanol–water partition coefficient (Wildman–Crippen LogP) is 2.18. The van der Waals surface area contributed by atoms with E-state index in [4.69, 9.17) is 0 Å². The Morgan fingerprint density at radius 2 is 2.13 bits per heavy atom. The van der Waals surface area contributed by atoms with Crippen molar-refractivity contribution in [2.45, 2.75) is 32.7 Å². The summed E-state index contributed by atoms with van der Waals surface area (Å²) in [5.74, 6) is -1.14. The van der Waals surface area contributed by atoms with E-state index >= 15 is 0 Å². The second-order valence-corrected chi connectivity index (χ2v) is 5.83. The summed E-state index contributed by atoms with van der Waals surface area (Å²) in [5.41, 5.74) is 3.17. The van der Waals surface area contributed by atoms with E-state index < -0.39 is 12.0 Å². The summed E-state index contributed by atoms with van der Waals surface area (Å²) in [6.07, 6.45) is 4.68. The van der Waals surface area contributed by atoms with E-state index in [0.717, 1.165) is 23.5 Å². The van der Waals surface area contributed by atoms with E-state index in [1.165, 1.54) is 4.90 Å². The number of hydrogen-bond donors (Lipinski definition) is 1. The molecule has 6 nitrogen and oxygen atoms in total. The van der Waals surface area contributed by atoms with Crippen molar-refractivity contribution in [3.8, 4) is 5.69 Å². The van der Waals surface area contributed by atoms with Crippen LogP contribution in [0.2, 0.25) is 0 Å². The Hall–Kier alpha value is -2.63. The molecule has 3 rings (SSSR count). The first kappa shape index (κ1) is 15.3. The zero-order valence-electron chi connectivity index (χ0n) is 13.2. The fourth-order valence-electron chi connectivity index (χ4n) is 3.28. The zero-order chi connectivity index (χ0) is 16.6. The molecular formula is C17H19N3O3. The van der Waals surface area contributed by atoms with Gasteiger partial charge in [0.1, 0.15) is 6.04 Å². The largest absolute Gasteiger partial charge is 0.480 e. The number of aromatic nitrogens is 2. The number of carbonyl (C=O) groups excluding carboxylic acids is 1. The molecule has 1 aliphatic heterocycles. The number of carbonyl (C=O) groups is 2. The summed E-state index contributed by atoms with van der Waals surface area (Å²) in [6.45, 7) is 4.29. The van der Waals surface area contributed by atoms with Crippen LogP contribution in [-0.2, 0) is 4.79 Å². The standard InChI is InChI=1S/C17H19N3O3/c1-11-9-14(12(2)20(11)13-5-3-7-18-10-13)16(21)19-8-4-6-15(19)17(22)23/h3,5,7,9-10,15H,4,6,8H2,1-2H3,(H,22,23). The second-order valence-electron chi connectivity index (χ2n) is 5.83. The summed E-state index contributed by atoms with van der Waals surface area (Å²) in [5, 5.41) is 9.28. The SMILES string of the molecule is Cc1cc(C(=O)N2CCCC2C(=O)O)c(C)n1-c1cccnc1. The van der Waals surface area contributed by atoms with E-state index in [1.807, 2.05) is 36.6 Å². The van der Waals surface area contributed by atoms with Crippen LogP contribution in [0.5, 0.6) is 0 Å². The summed E-state index contributed by atoms with van der Waals surface area (Å²) < 4.78 is 1.96. The molecule has 2 aromatic heterocycles. The Morgan fingerprint density at radius 1 is 1.35 bits per heavy atom. The summed E-state index contributed by atoms with van der Waals surface area (Å²) >= 11 is 0. The van der Waals surface area contributed by atoms with Crippen molar-refractivity contribution in [1.29, 1.82) is 0 Å². The third kappa shape index (κ3) is 2.60. The first-order valence-corrected chi connectivity index (χ1v) is 7.64. The predicted molar refractivity (Wildman–Crippen MR) is 84.7 cm³/mol. The van der Waals surface area contributed by atoms with Gasteiger partial charge in [0.05, 0.1) is 17.4 Å². The normalized spacial score (nSPS) is 17.5. The Kier molecular flexibility index (Phi) is 3.90. The van der Waals surface area contributed by atoms with Crippen molar-refractivity contribution in [2.75, 3.05) is 6.54 Å². The molecule has 23 heavy (non-hydrogen) atoms. The van der Waals surface area contributed by atoms with E-state index in [2.05, 4.69) is 4.98 Å². The smallest absolute Gasteiger partial charge is 0.326 e. The molecule has 1 fully saturated rings. The molecule has 1 N–H and O–H groups in total. The van der Waals surface area contributed by atoms with Crippen molar-refractivity contribution in [2.24, 2.45) is 0 Å². The second kappa shape index (κ2) is 5.87. The van der Waals surface area contributed by atoms with Crippen LogP contribution < -0.4 is 0 Å². The minimum atomic E-state index is -0.933. The van der Waals surface area contributed by atoms with E-state index in [0.29, 0.717) is 18.5 Å². The molecule has 0 saturated carbocycles. The fraction of sp³-hybridized carbons (Fsp3) is 0.353. The van der Waals surface area contributed by atoms with Gasteiger partial charge in [-0.3, -0.25) is 9.78 Å². The lowest BCUT2D eigenvalue weighted by atomic mass is 10.2. The maximum atomic E-state index is 12.8. The Labute approximate surface area is 134 Å². The molecule has 1 saturated heterocycles. The molecule has 120 valence electrons. The number of pyridine rings is 1. The molecule has 0 bridgehead atoms. The molecule has 1 amide bonds. The summed E-state index contributed by atoms with van der Waals surface area (Å²) in [7, 11) is 0. The van der Waals surface area contributed by atoms with Crippen LogP contribution in [-0.4, -0.2) is 44.0 Å². The minimum Gasteiger partial charge on any atom is -0.480 e. The Bertz CT molecular complexity index is 752. The van der Waals surface area contributed by atoms with Gasteiger partial charge in [-0.1, -0.05) is 0 Å². The molecule has 1 atom stereocenters. The first-order valence-electron chi connectivity index (χ1n) is 7.64. The summed E-state index contributed by atoms with van der Waals surface area (Å²) in [6, 6.07) is 4.87. The molecule has 0 spiro atoms. The van der Waals surface area contributed by atoms with E-state index in [-0.39, 0.29) is 5.91 Å². The maximum absolute atomic E-state index is 12.8. The fourth-order valence-corrected chi connectivity index (χ4v) is 3.28. The van der Waals surface area contributed by atoms with Crippen LogP contribution in [0, 0.1) is 13.8 Å². The molecular weight excluding hydrogens is 294 g/mol. The van der Waals surface area contributed by atoms with Crippen LogP contribution in [0.3, 0.4) is 0 Å². The molecule has 1 aliphatic rings. The number of hydrogen-bond acceptors (Lipinski definition) is 3. The number of rotatable bonds is 3. The number of aryl methyl sites for hydroxylation is 1. The maximum Gasteiger partial charge on any atom is 0.326 e. The number of amides is 1. The van der Waals surface area contributed by atoms with Crippen LogP contribution in [0.15, 0.2) is 30.6 Å². The highest BCUT2D eigenvalue weighted by Gasteiger charge is 2.35. The quantitative estimate of drug-likeness (QED) is 0.942. The van der Waals surface area contributed by atoms with E-state index in [1.54, 1.807) is 12.4 Å². The number of likely N-dealkylation sites (tertiary alicyclic amines) is 1. The van der Waals surface area contributed by atoms with Gasteiger partial charge in [-0.25, -0.2) is 4.79 Å². The van der Waals surface area contributed by atoms with Gasteiger partial charge < -0.3 is 14.6 Å². The van der Waals surface area contributed by atoms with Crippen molar-refractivity contribution in [3.63, 3.8) is 0 Å². The van der Waals surface area contributed by atoms with Crippen LogP contribution >= 0.6 is 0 Å². The third-order valence-electron chi connectivity index (χ3n) is 4.36. The first-order chi connectivity index (χ1) is 11.0. The van der Waals surface area contributed by atoms with Crippen molar-refractivity contribution in [1.82, 2.24) is 14.5 Å². The van der Waals surface area contributed by atoms with Gasteiger partial charge in [-0.15, -0.1) is 0 Å². The lowest BCUT2D eigenvalue weighted by Crippen LogP contribution is -2.40. The highest BCUT2D eigenvalue weighted by atomic mass is 16.4. The average molecular weight is 313 g/mol. The van der Waals surface area contributed by atoms with Gasteiger partial charge in [0.25, 0.3) is 5.91 Å². The number of carboxylic acid groups (broad SMARTS) is 1. The number of nitrogens with zero attached hydrogens (tertiary/aromatic N) is 3. The molecule has 0 aliphatic carbocycles.